The van der Waals surface area contributed by atoms with E-state index in [2.05, 4.69) is 4.74 Å². The van der Waals surface area contributed by atoms with Gasteiger partial charge in [-0.05, 0) is 35.7 Å². The molecule has 2 aromatic rings. The van der Waals surface area contributed by atoms with Crippen LogP contribution in [0.2, 0.25) is 0 Å². The summed E-state index contributed by atoms with van der Waals surface area (Å²) in [5, 5.41) is 0. The summed E-state index contributed by atoms with van der Waals surface area (Å²) in [6, 6.07) is 12.5. The molecule has 0 heterocycles. The number of esters is 1. The SMILES string of the molecule is COC(=O)c1ccccc1OS(=O)(=O)c1ccc(C(C)C)cc1. The Morgan fingerprint density at radius 3 is 2.17 bits per heavy atom. The lowest BCUT2D eigenvalue weighted by Crippen LogP contribution is -2.13. The van der Waals surface area contributed by atoms with E-state index >= 15 is 0 Å². The number of rotatable bonds is 5. The van der Waals surface area contributed by atoms with Gasteiger partial charge in [0.05, 0.1) is 7.11 Å². The van der Waals surface area contributed by atoms with E-state index in [1.54, 1.807) is 24.3 Å². The van der Waals surface area contributed by atoms with Gasteiger partial charge in [-0.25, -0.2) is 4.79 Å². The van der Waals surface area contributed by atoms with Crippen molar-refractivity contribution in [3.63, 3.8) is 0 Å². The van der Waals surface area contributed by atoms with E-state index in [0.29, 0.717) is 5.92 Å². The van der Waals surface area contributed by atoms with E-state index in [1.165, 1.54) is 31.4 Å². The second-order valence-corrected chi connectivity index (χ2v) is 6.80. The van der Waals surface area contributed by atoms with Gasteiger partial charge in [0, 0.05) is 0 Å². The Bertz CT molecular complexity index is 792. The smallest absolute Gasteiger partial charge is 0.341 e. The summed E-state index contributed by atoms with van der Waals surface area (Å²) in [5.74, 6) is -0.425. The fraction of sp³-hybridized carbons (Fsp3) is 0.235. The van der Waals surface area contributed by atoms with Crippen LogP contribution in [-0.4, -0.2) is 21.5 Å². The van der Waals surface area contributed by atoms with E-state index in [0.717, 1.165) is 5.56 Å². The highest BCUT2D eigenvalue weighted by Gasteiger charge is 2.21. The van der Waals surface area contributed by atoms with Gasteiger partial charge < -0.3 is 8.92 Å². The summed E-state index contributed by atoms with van der Waals surface area (Å²) in [7, 11) is -2.81. The van der Waals surface area contributed by atoms with Gasteiger partial charge in [0.15, 0.2) is 5.75 Å². The molecular formula is C17H18O5S. The van der Waals surface area contributed by atoms with Crippen LogP contribution in [0.4, 0.5) is 0 Å². The lowest BCUT2D eigenvalue weighted by molar-refractivity contribution is 0.0599. The Kier molecular flexibility index (Phi) is 5.05. The second kappa shape index (κ2) is 6.83. The molecule has 0 fully saturated rings. The summed E-state index contributed by atoms with van der Waals surface area (Å²) < 4.78 is 34.5. The maximum atomic E-state index is 12.4. The Morgan fingerprint density at radius 2 is 1.61 bits per heavy atom. The third-order valence-electron chi connectivity index (χ3n) is 3.33. The van der Waals surface area contributed by atoms with Crippen LogP contribution in [0.1, 0.15) is 35.7 Å². The van der Waals surface area contributed by atoms with Crippen molar-refractivity contribution in [3.8, 4) is 5.75 Å². The molecule has 0 saturated carbocycles. The first-order chi connectivity index (χ1) is 10.8. The van der Waals surface area contributed by atoms with Crippen LogP contribution < -0.4 is 4.18 Å². The van der Waals surface area contributed by atoms with Gasteiger partial charge in [0.25, 0.3) is 0 Å². The molecule has 0 aromatic heterocycles. The largest absolute Gasteiger partial charge is 0.465 e. The predicted molar refractivity (Wildman–Crippen MR) is 86.1 cm³/mol. The zero-order chi connectivity index (χ0) is 17.0. The number of methoxy groups -OCH3 is 1. The lowest BCUT2D eigenvalue weighted by Gasteiger charge is -2.11. The highest BCUT2D eigenvalue weighted by molar-refractivity contribution is 7.87. The minimum absolute atomic E-state index is 0.0292. The quantitative estimate of drug-likeness (QED) is 0.619. The van der Waals surface area contributed by atoms with Crippen molar-refractivity contribution in [1.29, 1.82) is 0 Å². The summed E-state index contributed by atoms with van der Waals surface area (Å²) in [5.41, 5.74) is 1.08. The van der Waals surface area contributed by atoms with E-state index in [1.807, 2.05) is 13.8 Å². The Labute approximate surface area is 136 Å². The van der Waals surface area contributed by atoms with Gasteiger partial charge in [-0.1, -0.05) is 38.1 Å². The van der Waals surface area contributed by atoms with Gasteiger partial charge in [-0.3, -0.25) is 0 Å². The van der Waals surface area contributed by atoms with Crippen molar-refractivity contribution >= 4 is 16.1 Å². The Morgan fingerprint density at radius 1 is 1.00 bits per heavy atom. The molecule has 122 valence electrons. The predicted octanol–water partition coefficient (Wildman–Crippen LogP) is 3.36. The normalized spacial score (nSPS) is 11.3. The summed E-state index contributed by atoms with van der Waals surface area (Å²) in [6.07, 6.45) is 0. The van der Waals surface area contributed by atoms with Crippen LogP contribution >= 0.6 is 0 Å². The minimum atomic E-state index is -4.03. The molecule has 2 rings (SSSR count). The van der Waals surface area contributed by atoms with Crippen LogP contribution in [0.3, 0.4) is 0 Å². The molecule has 0 aliphatic heterocycles. The first-order valence-corrected chi connectivity index (χ1v) is 8.48. The van der Waals surface area contributed by atoms with Crippen molar-refractivity contribution in [2.24, 2.45) is 0 Å². The first kappa shape index (κ1) is 17.0. The number of hydrogen-bond acceptors (Lipinski definition) is 5. The van der Waals surface area contributed by atoms with Gasteiger partial charge in [0.2, 0.25) is 0 Å². The highest BCUT2D eigenvalue weighted by atomic mass is 32.2. The van der Waals surface area contributed by atoms with Crippen LogP contribution in [0.5, 0.6) is 5.75 Å². The second-order valence-electron chi connectivity index (χ2n) is 5.25. The molecule has 0 spiro atoms. The standard InChI is InChI=1S/C17H18O5S/c1-12(2)13-8-10-14(11-9-13)23(19,20)22-16-7-5-4-6-15(16)17(18)21-3/h4-12H,1-3H3. The van der Waals surface area contributed by atoms with Gasteiger partial charge in [-0.2, -0.15) is 8.42 Å². The van der Waals surface area contributed by atoms with E-state index < -0.39 is 16.1 Å². The first-order valence-electron chi connectivity index (χ1n) is 7.07. The van der Waals surface area contributed by atoms with Crippen molar-refractivity contribution in [1.82, 2.24) is 0 Å². The molecule has 0 saturated heterocycles. The maximum Gasteiger partial charge on any atom is 0.341 e. The number of benzene rings is 2. The number of carbonyl (C=O) groups excluding carboxylic acids is 1. The van der Waals surface area contributed by atoms with E-state index in [-0.39, 0.29) is 16.2 Å². The van der Waals surface area contributed by atoms with Crippen LogP contribution in [0.25, 0.3) is 0 Å². The molecule has 0 atom stereocenters. The Balaban J connectivity index is 2.34. The molecule has 5 nitrogen and oxygen atoms in total. The minimum Gasteiger partial charge on any atom is -0.465 e. The van der Waals surface area contributed by atoms with Crippen molar-refractivity contribution < 1.29 is 22.1 Å². The summed E-state index contributed by atoms with van der Waals surface area (Å²) >= 11 is 0. The van der Waals surface area contributed by atoms with E-state index in [9.17, 15) is 13.2 Å². The molecule has 0 N–H and O–H groups in total. The Hall–Kier alpha value is -2.34. The number of para-hydroxylation sites is 1. The lowest BCUT2D eigenvalue weighted by atomic mass is 10.0. The fourth-order valence-corrected chi connectivity index (χ4v) is 2.95. The van der Waals surface area contributed by atoms with Gasteiger partial charge >= 0.3 is 16.1 Å². The molecule has 0 aliphatic carbocycles. The van der Waals surface area contributed by atoms with Crippen LogP contribution in [0.15, 0.2) is 53.4 Å². The van der Waals surface area contributed by atoms with Crippen molar-refractivity contribution in [3.05, 3.63) is 59.7 Å². The number of hydrogen-bond donors (Lipinski definition) is 0. The van der Waals surface area contributed by atoms with E-state index in [4.69, 9.17) is 4.18 Å². The molecule has 0 radical (unpaired) electrons. The van der Waals surface area contributed by atoms with Crippen LogP contribution in [-0.2, 0) is 14.9 Å². The monoisotopic (exact) mass is 334 g/mol. The average Bonchev–Trinajstić information content (AvgIpc) is 2.54. The summed E-state index contributed by atoms with van der Waals surface area (Å²) in [4.78, 5) is 11.7. The topological polar surface area (TPSA) is 69.7 Å². The molecule has 0 unspecified atom stereocenters. The zero-order valence-electron chi connectivity index (χ0n) is 13.1. The third-order valence-corrected chi connectivity index (χ3v) is 4.58. The average molecular weight is 334 g/mol. The summed E-state index contributed by atoms with van der Waals surface area (Å²) in [6.45, 7) is 4.04. The molecule has 2 aromatic carbocycles. The van der Waals surface area contributed by atoms with Crippen LogP contribution in [0, 0.1) is 0 Å². The van der Waals surface area contributed by atoms with Gasteiger partial charge in [-0.15, -0.1) is 0 Å². The molecule has 6 heteroatoms. The van der Waals surface area contributed by atoms with Gasteiger partial charge in [0.1, 0.15) is 10.5 Å². The number of ether oxygens (including phenoxy) is 1. The maximum absolute atomic E-state index is 12.4. The van der Waals surface area contributed by atoms with Crippen molar-refractivity contribution in [2.75, 3.05) is 7.11 Å². The molecule has 0 amide bonds. The highest BCUT2D eigenvalue weighted by Crippen LogP contribution is 2.24. The molecule has 23 heavy (non-hydrogen) atoms. The third kappa shape index (κ3) is 3.90. The molecular weight excluding hydrogens is 316 g/mol. The number of carbonyl (C=O) groups is 1. The fourth-order valence-electron chi connectivity index (χ4n) is 2.00. The zero-order valence-corrected chi connectivity index (χ0v) is 14.0. The van der Waals surface area contributed by atoms with Crippen molar-refractivity contribution in [2.45, 2.75) is 24.7 Å². The molecule has 0 bridgehead atoms. The molecule has 0 aliphatic rings.